The lowest BCUT2D eigenvalue weighted by atomic mass is 10.1. The summed E-state index contributed by atoms with van der Waals surface area (Å²) >= 11 is 0. The molecule has 1 aliphatic heterocycles. The number of carbonyl (C=O) groups is 1. The fraction of sp³-hybridized carbons (Fsp3) is 0.294. The van der Waals surface area contributed by atoms with Gasteiger partial charge in [-0.2, -0.15) is 0 Å². The van der Waals surface area contributed by atoms with Crippen LogP contribution in [0.5, 0.6) is 0 Å². The van der Waals surface area contributed by atoms with Gasteiger partial charge in [-0.05, 0) is 30.5 Å². The first-order valence-electron chi connectivity index (χ1n) is 7.41. The van der Waals surface area contributed by atoms with Crippen molar-refractivity contribution in [2.24, 2.45) is 0 Å². The zero-order valence-electron chi connectivity index (χ0n) is 12.2. The highest BCUT2D eigenvalue weighted by Crippen LogP contribution is 2.14. The molecule has 1 atom stereocenters. The Morgan fingerprint density at radius 2 is 2.00 bits per heavy atom. The van der Waals surface area contributed by atoms with Crippen LogP contribution in [-0.2, 0) is 4.74 Å². The molecule has 3 rings (SSSR count). The number of ether oxygens (including phenoxy) is 1. The number of amides is 1. The minimum absolute atomic E-state index is 0.0190. The average Bonchev–Trinajstić information content (AvgIpc) is 2.56. The summed E-state index contributed by atoms with van der Waals surface area (Å²) in [5.41, 5.74) is 1.36. The molecule has 5 nitrogen and oxygen atoms in total. The molecular formula is C17H18N2O3. The first kappa shape index (κ1) is 14.5. The van der Waals surface area contributed by atoms with Crippen LogP contribution in [0.3, 0.4) is 0 Å². The van der Waals surface area contributed by atoms with E-state index in [4.69, 9.17) is 4.74 Å². The number of benzene rings is 1. The van der Waals surface area contributed by atoms with Crippen LogP contribution in [-0.4, -0.2) is 30.1 Å². The van der Waals surface area contributed by atoms with E-state index in [0.717, 1.165) is 25.0 Å². The van der Waals surface area contributed by atoms with E-state index in [0.29, 0.717) is 12.3 Å². The van der Waals surface area contributed by atoms with Gasteiger partial charge in [-0.1, -0.05) is 30.3 Å². The number of pyridine rings is 1. The second-order valence-corrected chi connectivity index (χ2v) is 5.37. The third kappa shape index (κ3) is 3.26. The van der Waals surface area contributed by atoms with Gasteiger partial charge in [0, 0.05) is 12.3 Å². The molecule has 2 aromatic rings. The predicted molar refractivity (Wildman–Crippen MR) is 83.8 cm³/mol. The zero-order chi connectivity index (χ0) is 15.4. The van der Waals surface area contributed by atoms with E-state index >= 15 is 0 Å². The van der Waals surface area contributed by atoms with Gasteiger partial charge in [0.25, 0.3) is 11.5 Å². The molecule has 0 saturated carbocycles. The van der Waals surface area contributed by atoms with E-state index < -0.39 is 0 Å². The van der Waals surface area contributed by atoms with Gasteiger partial charge in [0.05, 0.1) is 12.6 Å². The van der Waals surface area contributed by atoms with E-state index in [1.54, 1.807) is 12.1 Å². The average molecular weight is 298 g/mol. The molecule has 1 aromatic carbocycles. The quantitative estimate of drug-likeness (QED) is 0.910. The Balaban J connectivity index is 1.77. The number of hydrogen-bond donors (Lipinski definition) is 2. The number of aromatic nitrogens is 1. The fourth-order valence-electron chi connectivity index (χ4n) is 2.56. The SMILES string of the molecule is O=C(N[C@@H]1CCCOC1)c1ccc(-c2ccccc2)[nH]c1=O. The molecule has 114 valence electrons. The second-order valence-electron chi connectivity index (χ2n) is 5.37. The maximum atomic E-state index is 12.2. The Hall–Kier alpha value is -2.40. The molecule has 1 saturated heterocycles. The summed E-state index contributed by atoms with van der Waals surface area (Å²) in [4.78, 5) is 27.1. The highest BCUT2D eigenvalue weighted by Gasteiger charge is 2.19. The van der Waals surface area contributed by atoms with Gasteiger partial charge in [-0.25, -0.2) is 0 Å². The van der Waals surface area contributed by atoms with Crippen LogP contribution in [0.2, 0.25) is 0 Å². The highest BCUT2D eigenvalue weighted by atomic mass is 16.5. The minimum atomic E-state index is -0.379. The first-order valence-corrected chi connectivity index (χ1v) is 7.41. The number of carbonyl (C=O) groups excluding carboxylic acids is 1. The minimum Gasteiger partial charge on any atom is -0.379 e. The van der Waals surface area contributed by atoms with Crippen LogP contribution in [0.1, 0.15) is 23.2 Å². The molecule has 1 aliphatic rings. The van der Waals surface area contributed by atoms with Crippen LogP contribution < -0.4 is 10.9 Å². The summed E-state index contributed by atoms with van der Waals surface area (Å²) in [6, 6.07) is 12.8. The normalized spacial score (nSPS) is 17.9. The monoisotopic (exact) mass is 298 g/mol. The molecule has 0 spiro atoms. The topological polar surface area (TPSA) is 71.2 Å². The van der Waals surface area contributed by atoms with Crippen molar-refractivity contribution in [3.05, 3.63) is 58.4 Å². The van der Waals surface area contributed by atoms with E-state index in [9.17, 15) is 9.59 Å². The van der Waals surface area contributed by atoms with Crippen LogP contribution in [0.4, 0.5) is 0 Å². The van der Waals surface area contributed by atoms with Crippen molar-refractivity contribution in [1.82, 2.24) is 10.3 Å². The lowest BCUT2D eigenvalue weighted by molar-refractivity contribution is 0.0623. The van der Waals surface area contributed by atoms with Crippen molar-refractivity contribution in [3.63, 3.8) is 0 Å². The second kappa shape index (κ2) is 6.58. The molecule has 2 N–H and O–H groups in total. The smallest absolute Gasteiger partial charge is 0.261 e. The van der Waals surface area contributed by atoms with Crippen molar-refractivity contribution < 1.29 is 9.53 Å². The summed E-state index contributed by atoms with van der Waals surface area (Å²) in [5, 5.41) is 2.85. The highest BCUT2D eigenvalue weighted by molar-refractivity contribution is 5.94. The molecule has 1 aromatic heterocycles. The van der Waals surface area contributed by atoms with Gasteiger partial charge in [-0.3, -0.25) is 9.59 Å². The number of hydrogen-bond acceptors (Lipinski definition) is 3. The maximum Gasteiger partial charge on any atom is 0.261 e. The standard InChI is InChI=1S/C17H18N2O3/c20-16(18-13-7-4-10-22-11-13)14-8-9-15(19-17(14)21)12-5-2-1-3-6-12/h1-3,5-6,8-9,13H,4,7,10-11H2,(H,18,20)(H,19,21)/t13-/m1/s1. The Morgan fingerprint density at radius 3 is 2.68 bits per heavy atom. The fourth-order valence-corrected chi connectivity index (χ4v) is 2.56. The molecule has 0 bridgehead atoms. The van der Waals surface area contributed by atoms with Gasteiger partial charge in [-0.15, -0.1) is 0 Å². The Labute approximate surface area is 128 Å². The third-order valence-electron chi connectivity index (χ3n) is 3.73. The molecule has 0 aliphatic carbocycles. The largest absolute Gasteiger partial charge is 0.379 e. The summed E-state index contributed by atoms with van der Waals surface area (Å²) in [6.45, 7) is 1.24. The molecule has 5 heteroatoms. The van der Waals surface area contributed by atoms with Gasteiger partial charge in [0.1, 0.15) is 5.56 Å². The van der Waals surface area contributed by atoms with Gasteiger partial charge in [0.2, 0.25) is 0 Å². The number of rotatable bonds is 3. The summed E-state index contributed by atoms with van der Waals surface area (Å²) in [6.07, 6.45) is 1.81. The van der Waals surface area contributed by atoms with E-state index in [1.165, 1.54) is 0 Å². The summed E-state index contributed by atoms with van der Waals surface area (Å²) < 4.78 is 5.33. The molecule has 2 heterocycles. The Kier molecular flexibility index (Phi) is 4.34. The third-order valence-corrected chi connectivity index (χ3v) is 3.73. The van der Waals surface area contributed by atoms with E-state index in [-0.39, 0.29) is 23.1 Å². The molecule has 1 amide bonds. The van der Waals surface area contributed by atoms with Crippen molar-refractivity contribution in [2.45, 2.75) is 18.9 Å². The molecule has 0 unspecified atom stereocenters. The number of H-pyrrole nitrogens is 1. The lowest BCUT2D eigenvalue weighted by Gasteiger charge is -2.22. The van der Waals surface area contributed by atoms with Crippen LogP contribution in [0.25, 0.3) is 11.3 Å². The van der Waals surface area contributed by atoms with E-state index in [1.807, 2.05) is 30.3 Å². The molecular weight excluding hydrogens is 280 g/mol. The molecule has 0 radical (unpaired) electrons. The lowest BCUT2D eigenvalue weighted by Crippen LogP contribution is -2.42. The van der Waals surface area contributed by atoms with Gasteiger partial charge >= 0.3 is 0 Å². The van der Waals surface area contributed by atoms with Gasteiger partial charge < -0.3 is 15.0 Å². The van der Waals surface area contributed by atoms with Crippen LogP contribution in [0, 0.1) is 0 Å². The van der Waals surface area contributed by atoms with Crippen molar-refractivity contribution >= 4 is 5.91 Å². The van der Waals surface area contributed by atoms with Crippen molar-refractivity contribution in [1.29, 1.82) is 0 Å². The maximum absolute atomic E-state index is 12.2. The zero-order valence-corrected chi connectivity index (χ0v) is 12.2. The van der Waals surface area contributed by atoms with Gasteiger partial charge in [0.15, 0.2) is 0 Å². The van der Waals surface area contributed by atoms with Crippen molar-refractivity contribution in [2.75, 3.05) is 13.2 Å². The predicted octanol–water partition coefficient (Wildman–Crippen LogP) is 1.95. The number of aromatic amines is 1. The first-order chi connectivity index (χ1) is 10.7. The van der Waals surface area contributed by atoms with Crippen LogP contribution in [0.15, 0.2) is 47.3 Å². The molecule has 1 fully saturated rings. The number of nitrogens with one attached hydrogen (secondary N) is 2. The van der Waals surface area contributed by atoms with E-state index in [2.05, 4.69) is 10.3 Å². The van der Waals surface area contributed by atoms with Crippen molar-refractivity contribution in [3.8, 4) is 11.3 Å². The summed E-state index contributed by atoms with van der Waals surface area (Å²) in [7, 11) is 0. The molecule has 22 heavy (non-hydrogen) atoms. The Morgan fingerprint density at radius 1 is 1.18 bits per heavy atom. The summed E-state index contributed by atoms with van der Waals surface area (Å²) in [5.74, 6) is -0.351. The Bertz CT molecular complexity index is 703. The van der Waals surface area contributed by atoms with Crippen LogP contribution >= 0.6 is 0 Å².